The molecule has 0 aromatic heterocycles. The van der Waals surface area contributed by atoms with Crippen molar-refractivity contribution < 1.29 is 0 Å². The standard InChI is InChI=1S/C16H23N3S/c20-16(17-14-7-2-1-3-8-14)19-12-6-9-15(19)13-18-10-4-5-11-18/h1-3,7-8,15H,4-6,9-13H2,(H,17,20)/t15-/m0/s1. The Bertz CT molecular complexity index is 442. The number of benzene rings is 1. The van der Waals surface area contributed by atoms with Gasteiger partial charge < -0.3 is 15.1 Å². The van der Waals surface area contributed by atoms with E-state index in [1.807, 2.05) is 18.2 Å². The van der Waals surface area contributed by atoms with Crippen LogP contribution in [0.3, 0.4) is 0 Å². The molecule has 1 atom stereocenters. The molecule has 0 radical (unpaired) electrons. The van der Waals surface area contributed by atoms with Crippen molar-refractivity contribution in [2.45, 2.75) is 31.7 Å². The minimum absolute atomic E-state index is 0.594. The molecule has 3 rings (SSSR count). The van der Waals surface area contributed by atoms with Crippen molar-refractivity contribution in [2.24, 2.45) is 0 Å². The minimum Gasteiger partial charge on any atom is -0.345 e. The topological polar surface area (TPSA) is 18.5 Å². The lowest BCUT2D eigenvalue weighted by Gasteiger charge is -2.30. The average molecular weight is 289 g/mol. The van der Waals surface area contributed by atoms with Crippen molar-refractivity contribution in [3.63, 3.8) is 0 Å². The van der Waals surface area contributed by atoms with Gasteiger partial charge >= 0.3 is 0 Å². The molecule has 2 aliphatic rings. The smallest absolute Gasteiger partial charge is 0.173 e. The highest BCUT2D eigenvalue weighted by Crippen LogP contribution is 2.21. The second-order valence-electron chi connectivity index (χ2n) is 5.79. The van der Waals surface area contributed by atoms with Gasteiger partial charge in [-0.25, -0.2) is 0 Å². The summed E-state index contributed by atoms with van der Waals surface area (Å²) in [5, 5.41) is 4.26. The molecule has 2 aliphatic heterocycles. The fraction of sp³-hybridized carbons (Fsp3) is 0.562. The van der Waals surface area contributed by atoms with Crippen molar-refractivity contribution in [3.8, 4) is 0 Å². The van der Waals surface area contributed by atoms with Crippen LogP contribution in [0.25, 0.3) is 0 Å². The Morgan fingerprint density at radius 1 is 1.10 bits per heavy atom. The predicted octanol–water partition coefficient (Wildman–Crippen LogP) is 2.94. The summed E-state index contributed by atoms with van der Waals surface area (Å²) in [5.41, 5.74) is 1.09. The zero-order chi connectivity index (χ0) is 13.8. The van der Waals surface area contributed by atoms with E-state index in [0.29, 0.717) is 6.04 Å². The lowest BCUT2D eigenvalue weighted by atomic mass is 10.2. The number of nitrogens with one attached hydrogen (secondary N) is 1. The first-order chi connectivity index (χ1) is 9.83. The number of rotatable bonds is 3. The lowest BCUT2D eigenvalue weighted by Crippen LogP contribution is -2.44. The van der Waals surface area contributed by atoms with E-state index >= 15 is 0 Å². The van der Waals surface area contributed by atoms with Crippen molar-refractivity contribution in [2.75, 3.05) is 31.5 Å². The van der Waals surface area contributed by atoms with Gasteiger partial charge in [-0.15, -0.1) is 0 Å². The minimum atomic E-state index is 0.594. The van der Waals surface area contributed by atoms with Crippen LogP contribution in [0.1, 0.15) is 25.7 Å². The summed E-state index contributed by atoms with van der Waals surface area (Å²) >= 11 is 5.61. The monoisotopic (exact) mass is 289 g/mol. The van der Waals surface area contributed by atoms with Crippen molar-refractivity contribution >= 4 is 23.0 Å². The summed E-state index contributed by atoms with van der Waals surface area (Å²) < 4.78 is 0. The molecule has 0 bridgehead atoms. The highest BCUT2D eigenvalue weighted by Gasteiger charge is 2.28. The summed E-state index contributed by atoms with van der Waals surface area (Å²) in [4.78, 5) is 4.98. The third kappa shape index (κ3) is 3.30. The maximum absolute atomic E-state index is 5.61. The highest BCUT2D eigenvalue weighted by molar-refractivity contribution is 7.80. The second kappa shape index (κ2) is 6.55. The van der Waals surface area contributed by atoms with E-state index in [9.17, 15) is 0 Å². The second-order valence-corrected chi connectivity index (χ2v) is 6.18. The Kier molecular flexibility index (Phi) is 4.53. The maximum Gasteiger partial charge on any atom is 0.173 e. The lowest BCUT2D eigenvalue weighted by molar-refractivity contribution is 0.254. The Labute approximate surface area is 126 Å². The van der Waals surface area contributed by atoms with E-state index in [1.165, 1.54) is 45.3 Å². The number of nitrogens with zero attached hydrogens (tertiary/aromatic N) is 2. The fourth-order valence-corrected chi connectivity index (χ4v) is 3.63. The number of anilines is 1. The Hall–Kier alpha value is -1.13. The highest BCUT2D eigenvalue weighted by atomic mass is 32.1. The van der Waals surface area contributed by atoms with E-state index in [4.69, 9.17) is 12.2 Å². The molecule has 20 heavy (non-hydrogen) atoms. The van der Waals surface area contributed by atoms with E-state index in [-0.39, 0.29) is 0 Å². The van der Waals surface area contributed by atoms with Crippen LogP contribution >= 0.6 is 12.2 Å². The molecule has 2 heterocycles. The molecule has 1 aromatic carbocycles. The zero-order valence-corrected chi connectivity index (χ0v) is 12.7. The Balaban J connectivity index is 1.58. The molecule has 4 heteroatoms. The molecule has 0 amide bonds. The van der Waals surface area contributed by atoms with Crippen molar-refractivity contribution in [1.82, 2.24) is 9.80 Å². The van der Waals surface area contributed by atoms with Gasteiger partial charge in [0.05, 0.1) is 0 Å². The van der Waals surface area contributed by atoms with E-state index < -0.39 is 0 Å². The molecule has 0 saturated carbocycles. The first kappa shape index (κ1) is 13.8. The van der Waals surface area contributed by atoms with Gasteiger partial charge in [0, 0.05) is 24.8 Å². The third-order valence-electron chi connectivity index (χ3n) is 4.33. The van der Waals surface area contributed by atoms with E-state index in [1.54, 1.807) is 0 Å². The molecule has 0 aliphatic carbocycles. The van der Waals surface area contributed by atoms with Gasteiger partial charge in [-0.1, -0.05) is 18.2 Å². The van der Waals surface area contributed by atoms with Crippen LogP contribution in [0.2, 0.25) is 0 Å². The molecule has 1 N–H and O–H groups in total. The molecule has 108 valence electrons. The van der Waals surface area contributed by atoms with Crippen LogP contribution in [-0.2, 0) is 0 Å². The Morgan fingerprint density at radius 2 is 1.85 bits per heavy atom. The third-order valence-corrected chi connectivity index (χ3v) is 4.67. The van der Waals surface area contributed by atoms with Crippen LogP contribution in [0.15, 0.2) is 30.3 Å². The summed E-state index contributed by atoms with van der Waals surface area (Å²) in [7, 11) is 0. The normalized spacial score (nSPS) is 23.2. The molecular weight excluding hydrogens is 266 g/mol. The average Bonchev–Trinajstić information content (AvgIpc) is 3.12. The van der Waals surface area contributed by atoms with Gasteiger partial charge in [0.2, 0.25) is 0 Å². The van der Waals surface area contributed by atoms with Gasteiger partial charge in [-0.3, -0.25) is 0 Å². The first-order valence-electron chi connectivity index (χ1n) is 7.68. The van der Waals surface area contributed by atoms with Gasteiger partial charge in [-0.2, -0.15) is 0 Å². The fourth-order valence-electron chi connectivity index (χ4n) is 3.27. The maximum atomic E-state index is 5.61. The largest absolute Gasteiger partial charge is 0.345 e. The molecule has 1 aromatic rings. The summed E-state index contributed by atoms with van der Waals surface area (Å²) in [5.74, 6) is 0. The van der Waals surface area contributed by atoms with Crippen LogP contribution in [0.5, 0.6) is 0 Å². The van der Waals surface area contributed by atoms with Gasteiger partial charge in [-0.05, 0) is 63.1 Å². The molecule has 0 unspecified atom stereocenters. The van der Waals surface area contributed by atoms with E-state index in [0.717, 1.165) is 17.3 Å². The van der Waals surface area contributed by atoms with Gasteiger partial charge in [0.15, 0.2) is 5.11 Å². The van der Waals surface area contributed by atoms with Crippen LogP contribution in [0.4, 0.5) is 5.69 Å². The van der Waals surface area contributed by atoms with Crippen molar-refractivity contribution in [1.29, 1.82) is 0 Å². The number of thiocarbonyl (C=S) groups is 1. The van der Waals surface area contributed by atoms with Crippen LogP contribution < -0.4 is 5.32 Å². The SMILES string of the molecule is S=C(Nc1ccccc1)N1CCC[C@H]1CN1CCCC1. The first-order valence-corrected chi connectivity index (χ1v) is 8.09. The predicted molar refractivity (Wildman–Crippen MR) is 88.1 cm³/mol. The summed E-state index contributed by atoms with van der Waals surface area (Å²) in [6.07, 6.45) is 5.25. The zero-order valence-electron chi connectivity index (χ0n) is 11.9. The number of hydrogen-bond acceptors (Lipinski definition) is 2. The molecule has 0 spiro atoms. The van der Waals surface area contributed by atoms with Gasteiger partial charge in [0.25, 0.3) is 0 Å². The summed E-state index contributed by atoms with van der Waals surface area (Å²) in [6, 6.07) is 10.8. The summed E-state index contributed by atoms with van der Waals surface area (Å²) in [6.45, 7) is 4.81. The molecule has 2 fully saturated rings. The van der Waals surface area contributed by atoms with E-state index in [2.05, 4.69) is 27.2 Å². The number of para-hydroxylation sites is 1. The molecule has 3 nitrogen and oxygen atoms in total. The number of likely N-dealkylation sites (tertiary alicyclic amines) is 2. The molecular formula is C16H23N3S. The quantitative estimate of drug-likeness (QED) is 0.862. The van der Waals surface area contributed by atoms with Gasteiger partial charge in [0.1, 0.15) is 0 Å². The molecule has 2 saturated heterocycles. The van der Waals surface area contributed by atoms with Crippen LogP contribution in [-0.4, -0.2) is 47.1 Å². The number of hydrogen-bond donors (Lipinski definition) is 1. The van der Waals surface area contributed by atoms with Crippen molar-refractivity contribution in [3.05, 3.63) is 30.3 Å². The Morgan fingerprint density at radius 3 is 2.60 bits per heavy atom. The van der Waals surface area contributed by atoms with Crippen LogP contribution in [0, 0.1) is 0 Å².